The van der Waals surface area contributed by atoms with Gasteiger partial charge in [0.15, 0.2) is 0 Å². The Balaban J connectivity index is 4.17. The fourth-order valence-corrected chi connectivity index (χ4v) is 0.437. The second-order valence-corrected chi connectivity index (χ2v) is 1.82. The third-order valence-electron chi connectivity index (χ3n) is 0.872. The molecule has 0 atom stereocenters. The summed E-state index contributed by atoms with van der Waals surface area (Å²) >= 11 is 0. The molecule has 0 unspecified atom stereocenters. The van der Waals surface area contributed by atoms with Gasteiger partial charge in [-0.25, -0.2) is 10.9 Å². The van der Waals surface area contributed by atoms with Crippen LogP contribution < -0.4 is 10.9 Å². The van der Waals surface area contributed by atoms with Crippen molar-refractivity contribution in [1.29, 1.82) is 0 Å². The summed E-state index contributed by atoms with van der Waals surface area (Å²) in [5, 5.41) is 14.9. The van der Waals surface area contributed by atoms with E-state index in [1.165, 1.54) is 0 Å². The highest BCUT2D eigenvalue weighted by molar-refractivity contribution is 5.80. The standard InChI is InChI=1S/C7H14N6/c1-4-8-11-7(12-9-5-2)13-10-6-3/h4-6H,1-3H3,(H2,11,12,13)/b8-4-,9-5+,10-6+. The molecular weight excluding hydrogens is 168 g/mol. The van der Waals surface area contributed by atoms with Gasteiger partial charge in [0.25, 0.3) is 5.96 Å². The van der Waals surface area contributed by atoms with Crippen LogP contribution in [0.1, 0.15) is 20.8 Å². The lowest BCUT2D eigenvalue weighted by Gasteiger charge is -2.00. The van der Waals surface area contributed by atoms with Crippen LogP contribution >= 0.6 is 0 Å². The Bertz CT molecular complexity index is 211. The van der Waals surface area contributed by atoms with Gasteiger partial charge < -0.3 is 0 Å². The van der Waals surface area contributed by atoms with Crippen molar-refractivity contribution in [2.75, 3.05) is 0 Å². The van der Waals surface area contributed by atoms with Crippen molar-refractivity contribution in [2.24, 2.45) is 20.4 Å². The summed E-state index contributed by atoms with van der Waals surface area (Å²) in [5.41, 5.74) is 5.24. The molecule has 2 N–H and O–H groups in total. The van der Waals surface area contributed by atoms with Crippen molar-refractivity contribution in [3.8, 4) is 0 Å². The van der Waals surface area contributed by atoms with Gasteiger partial charge in [0, 0.05) is 18.6 Å². The molecule has 0 aliphatic carbocycles. The Morgan fingerprint density at radius 3 is 1.85 bits per heavy atom. The Labute approximate surface area is 77.5 Å². The van der Waals surface area contributed by atoms with Crippen molar-refractivity contribution >= 4 is 24.6 Å². The van der Waals surface area contributed by atoms with Crippen molar-refractivity contribution in [1.82, 2.24) is 10.9 Å². The van der Waals surface area contributed by atoms with Gasteiger partial charge >= 0.3 is 0 Å². The van der Waals surface area contributed by atoms with E-state index < -0.39 is 0 Å². The van der Waals surface area contributed by atoms with E-state index in [1.807, 2.05) is 0 Å². The summed E-state index contributed by atoms with van der Waals surface area (Å²) in [5.74, 6) is 0.370. The van der Waals surface area contributed by atoms with Crippen LogP contribution in [0, 0.1) is 0 Å². The lowest BCUT2D eigenvalue weighted by Crippen LogP contribution is -2.30. The third kappa shape index (κ3) is 6.67. The van der Waals surface area contributed by atoms with Gasteiger partial charge in [-0.05, 0) is 20.8 Å². The number of rotatable bonds is 3. The molecule has 0 aromatic carbocycles. The number of nitrogens with one attached hydrogen (secondary N) is 2. The second kappa shape index (κ2) is 8.38. The fourth-order valence-electron chi connectivity index (χ4n) is 0.437. The number of hydrogen-bond donors (Lipinski definition) is 2. The maximum atomic E-state index is 3.76. The van der Waals surface area contributed by atoms with Gasteiger partial charge in [0.2, 0.25) is 0 Å². The fraction of sp³-hybridized carbons (Fsp3) is 0.429. The molecule has 6 heteroatoms. The highest BCUT2D eigenvalue weighted by Gasteiger charge is 1.90. The van der Waals surface area contributed by atoms with E-state index in [4.69, 9.17) is 0 Å². The maximum absolute atomic E-state index is 3.76. The number of guanidine groups is 1. The topological polar surface area (TPSA) is 73.5 Å². The maximum Gasteiger partial charge on any atom is 0.257 e. The minimum Gasteiger partial charge on any atom is -0.245 e. The summed E-state index contributed by atoms with van der Waals surface area (Å²) in [6, 6.07) is 0. The van der Waals surface area contributed by atoms with E-state index in [0.717, 1.165) is 0 Å². The summed E-state index contributed by atoms with van der Waals surface area (Å²) in [6.07, 6.45) is 4.76. The first-order valence-corrected chi connectivity index (χ1v) is 3.88. The molecule has 0 bridgehead atoms. The molecule has 0 saturated heterocycles. The van der Waals surface area contributed by atoms with Crippen molar-refractivity contribution in [2.45, 2.75) is 20.8 Å². The molecule has 0 fully saturated rings. The van der Waals surface area contributed by atoms with Crippen molar-refractivity contribution in [3.63, 3.8) is 0 Å². The molecule has 13 heavy (non-hydrogen) atoms. The largest absolute Gasteiger partial charge is 0.257 e. The van der Waals surface area contributed by atoms with E-state index in [9.17, 15) is 0 Å². The van der Waals surface area contributed by atoms with Gasteiger partial charge in [-0.15, -0.1) is 5.10 Å². The van der Waals surface area contributed by atoms with Gasteiger partial charge in [0.1, 0.15) is 0 Å². The van der Waals surface area contributed by atoms with Crippen LogP contribution in [0.5, 0.6) is 0 Å². The highest BCUT2D eigenvalue weighted by atomic mass is 15.5. The van der Waals surface area contributed by atoms with Crippen molar-refractivity contribution in [3.05, 3.63) is 0 Å². The Morgan fingerprint density at radius 2 is 1.46 bits per heavy atom. The Kier molecular flexibility index (Phi) is 7.27. The summed E-state index contributed by atoms with van der Waals surface area (Å²) in [6.45, 7) is 5.35. The second-order valence-electron chi connectivity index (χ2n) is 1.82. The molecule has 0 aromatic rings. The van der Waals surface area contributed by atoms with Crippen LogP contribution in [0.4, 0.5) is 0 Å². The first kappa shape index (κ1) is 11.3. The quantitative estimate of drug-likeness (QED) is 0.380. The van der Waals surface area contributed by atoms with E-state index in [2.05, 4.69) is 31.3 Å². The van der Waals surface area contributed by atoms with Gasteiger partial charge in [-0.1, -0.05) is 0 Å². The first-order valence-electron chi connectivity index (χ1n) is 3.88. The molecule has 0 amide bonds. The number of hydrazone groups is 2. The molecule has 0 aliphatic heterocycles. The molecule has 0 radical (unpaired) electrons. The number of nitrogens with zero attached hydrogens (tertiary/aromatic N) is 4. The monoisotopic (exact) mass is 182 g/mol. The summed E-state index contributed by atoms with van der Waals surface area (Å²) in [4.78, 5) is 0. The first-order chi connectivity index (χ1) is 6.35. The predicted molar refractivity (Wildman–Crippen MR) is 56.2 cm³/mol. The summed E-state index contributed by atoms with van der Waals surface area (Å²) < 4.78 is 0. The molecule has 0 heterocycles. The zero-order chi connectivity index (χ0) is 9.94. The van der Waals surface area contributed by atoms with Crippen LogP contribution in [0.2, 0.25) is 0 Å². The average molecular weight is 182 g/mol. The number of hydrogen-bond acceptors (Lipinski definition) is 4. The smallest absolute Gasteiger partial charge is 0.245 e. The van der Waals surface area contributed by atoms with Crippen LogP contribution in [-0.2, 0) is 0 Å². The van der Waals surface area contributed by atoms with E-state index in [0.29, 0.717) is 5.96 Å². The normalized spacial score (nSPS) is 11.3. The predicted octanol–water partition coefficient (Wildman–Crippen LogP) is 0.539. The lowest BCUT2D eigenvalue weighted by atomic mass is 10.9. The molecule has 0 aliphatic rings. The molecular formula is C7H14N6. The molecule has 0 spiro atoms. The van der Waals surface area contributed by atoms with Gasteiger partial charge in [-0.3, -0.25) is 0 Å². The van der Waals surface area contributed by atoms with E-state index in [1.54, 1.807) is 39.4 Å². The third-order valence-corrected chi connectivity index (χ3v) is 0.872. The van der Waals surface area contributed by atoms with Crippen LogP contribution in [-0.4, -0.2) is 24.6 Å². The van der Waals surface area contributed by atoms with Crippen LogP contribution in [0.25, 0.3) is 0 Å². The van der Waals surface area contributed by atoms with Gasteiger partial charge in [0.05, 0.1) is 0 Å². The minimum absolute atomic E-state index is 0.370. The molecule has 0 saturated carbocycles. The average Bonchev–Trinajstić information content (AvgIpc) is 2.17. The molecule has 6 nitrogen and oxygen atoms in total. The summed E-state index contributed by atoms with van der Waals surface area (Å²) in [7, 11) is 0. The lowest BCUT2D eigenvalue weighted by molar-refractivity contribution is 0.889. The Hall–Kier alpha value is -1.72. The SMILES string of the molecule is C/C=N\N=C(N/N=C/C)N/N=C/C. The highest BCUT2D eigenvalue weighted by Crippen LogP contribution is 1.73. The van der Waals surface area contributed by atoms with E-state index in [-0.39, 0.29) is 0 Å². The minimum atomic E-state index is 0.370. The molecule has 0 rings (SSSR count). The van der Waals surface area contributed by atoms with Crippen LogP contribution in [0.3, 0.4) is 0 Å². The van der Waals surface area contributed by atoms with Crippen molar-refractivity contribution < 1.29 is 0 Å². The molecule has 0 aromatic heterocycles. The Morgan fingerprint density at radius 1 is 0.923 bits per heavy atom. The zero-order valence-electron chi connectivity index (χ0n) is 8.02. The van der Waals surface area contributed by atoms with Gasteiger partial charge in [-0.2, -0.15) is 15.3 Å². The van der Waals surface area contributed by atoms with E-state index >= 15 is 0 Å². The zero-order valence-corrected chi connectivity index (χ0v) is 8.02. The molecule has 72 valence electrons. The van der Waals surface area contributed by atoms with Crippen LogP contribution in [0.15, 0.2) is 20.4 Å².